The van der Waals surface area contributed by atoms with E-state index in [2.05, 4.69) is 9.97 Å². The van der Waals surface area contributed by atoms with Crippen LogP contribution in [0.5, 0.6) is 0 Å². The number of benzene rings is 1. The van der Waals surface area contributed by atoms with E-state index in [-0.39, 0.29) is 5.56 Å². The molecule has 0 aliphatic rings. The van der Waals surface area contributed by atoms with Gasteiger partial charge in [0.25, 0.3) is 0 Å². The maximum absolute atomic E-state index is 10.8. The van der Waals surface area contributed by atoms with Crippen LogP contribution in [0.1, 0.15) is 16.1 Å². The SMILES string of the molecule is Cc1ccc2oc(-c3ccc(C(=O)O)cc3)nc2n1. The van der Waals surface area contributed by atoms with Crippen LogP contribution in [0, 0.1) is 6.92 Å². The van der Waals surface area contributed by atoms with Crippen molar-refractivity contribution in [2.24, 2.45) is 0 Å². The van der Waals surface area contributed by atoms with Crippen LogP contribution in [0.15, 0.2) is 40.8 Å². The molecule has 0 spiro atoms. The van der Waals surface area contributed by atoms with Gasteiger partial charge < -0.3 is 9.52 Å². The van der Waals surface area contributed by atoms with Crippen molar-refractivity contribution in [2.75, 3.05) is 0 Å². The molecular weight excluding hydrogens is 244 g/mol. The first kappa shape index (κ1) is 11.4. The van der Waals surface area contributed by atoms with E-state index in [1.807, 2.05) is 19.1 Å². The summed E-state index contributed by atoms with van der Waals surface area (Å²) >= 11 is 0. The first-order valence-electron chi connectivity index (χ1n) is 5.71. The number of aryl methyl sites for hydroxylation is 1. The first-order chi connectivity index (χ1) is 9.13. The summed E-state index contributed by atoms with van der Waals surface area (Å²) in [7, 11) is 0. The van der Waals surface area contributed by atoms with Crippen LogP contribution in [0.3, 0.4) is 0 Å². The number of rotatable bonds is 2. The number of aromatic carboxylic acids is 1. The maximum atomic E-state index is 10.8. The molecule has 0 radical (unpaired) electrons. The highest BCUT2D eigenvalue weighted by Crippen LogP contribution is 2.23. The summed E-state index contributed by atoms with van der Waals surface area (Å²) in [6, 6.07) is 10.0. The van der Waals surface area contributed by atoms with Gasteiger partial charge in [0.2, 0.25) is 5.89 Å². The van der Waals surface area contributed by atoms with Crippen LogP contribution >= 0.6 is 0 Å². The fourth-order valence-corrected chi connectivity index (χ4v) is 1.79. The van der Waals surface area contributed by atoms with E-state index in [4.69, 9.17) is 9.52 Å². The second-order valence-corrected chi connectivity index (χ2v) is 4.18. The molecule has 0 amide bonds. The van der Waals surface area contributed by atoms with E-state index in [1.165, 1.54) is 12.1 Å². The van der Waals surface area contributed by atoms with E-state index in [0.717, 1.165) is 11.3 Å². The van der Waals surface area contributed by atoms with Crippen molar-refractivity contribution in [3.8, 4) is 11.5 Å². The quantitative estimate of drug-likeness (QED) is 0.760. The van der Waals surface area contributed by atoms with Crippen molar-refractivity contribution in [2.45, 2.75) is 6.92 Å². The molecular formula is C14H10N2O3. The molecule has 1 aromatic carbocycles. The zero-order valence-corrected chi connectivity index (χ0v) is 10.1. The lowest BCUT2D eigenvalue weighted by Crippen LogP contribution is -1.94. The highest BCUT2D eigenvalue weighted by atomic mass is 16.4. The number of nitrogens with zero attached hydrogens (tertiary/aromatic N) is 2. The summed E-state index contributed by atoms with van der Waals surface area (Å²) in [6.07, 6.45) is 0. The first-order valence-corrected chi connectivity index (χ1v) is 5.71. The molecule has 0 bridgehead atoms. The Kier molecular flexibility index (Phi) is 2.52. The molecule has 3 rings (SSSR count). The van der Waals surface area contributed by atoms with Gasteiger partial charge in [0.15, 0.2) is 11.2 Å². The third-order valence-corrected chi connectivity index (χ3v) is 2.77. The Morgan fingerprint density at radius 3 is 2.53 bits per heavy atom. The average Bonchev–Trinajstić information content (AvgIpc) is 2.81. The number of carboxylic acids is 1. The largest absolute Gasteiger partial charge is 0.478 e. The minimum Gasteiger partial charge on any atom is -0.478 e. The van der Waals surface area contributed by atoms with Crippen LogP contribution in [0.4, 0.5) is 0 Å². The molecule has 0 aliphatic heterocycles. The van der Waals surface area contributed by atoms with Crippen LogP contribution in [-0.4, -0.2) is 21.0 Å². The molecule has 1 N–H and O–H groups in total. The Labute approximate surface area is 108 Å². The van der Waals surface area contributed by atoms with E-state index < -0.39 is 5.97 Å². The average molecular weight is 254 g/mol. The van der Waals surface area contributed by atoms with Crippen LogP contribution in [0.2, 0.25) is 0 Å². The Balaban J connectivity index is 2.06. The number of oxazole rings is 1. The van der Waals surface area contributed by atoms with Crippen molar-refractivity contribution >= 4 is 17.2 Å². The van der Waals surface area contributed by atoms with Crippen molar-refractivity contribution in [3.05, 3.63) is 47.7 Å². The smallest absolute Gasteiger partial charge is 0.335 e. The Bertz CT molecular complexity index is 760. The van der Waals surface area contributed by atoms with Crippen LogP contribution in [-0.2, 0) is 0 Å². The molecule has 5 nitrogen and oxygen atoms in total. The molecule has 94 valence electrons. The van der Waals surface area contributed by atoms with E-state index >= 15 is 0 Å². The molecule has 3 aromatic rings. The molecule has 19 heavy (non-hydrogen) atoms. The summed E-state index contributed by atoms with van der Waals surface area (Å²) < 4.78 is 5.59. The van der Waals surface area contributed by atoms with E-state index in [9.17, 15) is 4.79 Å². The molecule has 2 heterocycles. The number of hydrogen-bond acceptors (Lipinski definition) is 4. The standard InChI is InChI=1S/C14H10N2O3/c1-8-2-7-11-12(15-8)16-13(19-11)9-3-5-10(6-4-9)14(17)18/h2-7H,1H3,(H,17,18). The van der Waals surface area contributed by atoms with Crippen LogP contribution < -0.4 is 0 Å². The monoisotopic (exact) mass is 254 g/mol. The van der Waals surface area contributed by atoms with Crippen molar-refractivity contribution in [1.82, 2.24) is 9.97 Å². The second kappa shape index (κ2) is 4.20. The van der Waals surface area contributed by atoms with Crippen LogP contribution in [0.25, 0.3) is 22.7 Å². The summed E-state index contributed by atoms with van der Waals surface area (Å²) in [5, 5.41) is 8.84. The van der Waals surface area contributed by atoms with Gasteiger partial charge >= 0.3 is 5.97 Å². The lowest BCUT2D eigenvalue weighted by Gasteiger charge is -1.96. The number of pyridine rings is 1. The minimum absolute atomic E-state index is 0.230. The predicted molar refractivity (Wildman–Crippen MR) is 68.9 cm³/mol. The third-order valence-electron chi connectivity index (χ3n) is 2.77. The van der Waals surface area contributed by atoms with Gasteiger partial charge in [0, 0.05) is 11.3 Å². The Morgan fingerprint density at radius 1 is 1.11 bits per heavy atom. The Hall–Kier alpha value is -2.69. The van der Waals surface area contributed by atoms with E-state index in [0.29, 0.717) is 17.1 Å². The van der Waals surface area contributed by atoms with Gasteiger partial charge in [-0.25, -0.2) is 9.78 Å². The number of carbonyl (C=O) groups is 1. The van der Waals surface area contributed by atoms with Crippen molar-refractivity contribution in [3.63, 3.8) is 0 Å². The number of aromatic nitrogens is 2. The van der Waals surface area contributed by atoms with Gasteiger partial charge in [-0.3, -0.25) is 0 Å². The second-order valence-electron chi connectivity index (χ2n) is 4.18. The zero-order chi connectivity index (χ0) is 13.4. The van der Waals surface area contributed by atoms with Gasteiger partial charge in [0.05, 0.1) is 5.56 Å². The van der Waals surface area contributed by atoms with Gasteiger partial charge in [-0.15, -0.1) is 0 Å². The molecule has 0 unspecified atom stereocenters. The van der Waals surface area contributed by atoms with Crippen molar-refractivity contribution < 1.29 is 14.3 Å². The summed E-state index contributed by atoms with van der Waals surface area (Å²) in [6.45, 7) is 1.88. The molecule has 0 fully saturated rings. The van der Waals surface area contributed by atoms with E-state index in [1.54, 1.807) is 12.1 Å². The fraction of sp³-hybridized carbons (Fsp3) is 0.0714. The summed E-state index contributed by atoms with van der Waals surface area (Å²) in [4.78, 5) is 19.3. The molecule has 5 heteroatoms. The molecule has 0 atom stereocenters. The molecule has 0 saturated carbocycles. The fourth-order valence-electron chi connectivity index (χ4n) is 1.79. The normalized spacial score (nSPS) is 10.8. The molecule has 0 saturated heterocycles. The number of fused-ring (bicyclic) bond motifs is 1. The molecule has 2 aromatic heterocycles. The van der Waals surface area contributed by atoms with Crippen molar-refractivity contribution in [1.29, 1.82) is 0 Å². The van der Waals surface area contributed by atoms with Gasteiger partial charge in [0.1, 0.15) is 0 Å². The number of hydrogen-bond donors (Lipinski definition) is 1. The summed E-state index contributed by atoms with van der Waals surface area (Å²) in [5.74, 6) is -0.522. The summed E-state index contributed by atoms with van der Waals surface area (Å²) in [5.41, 5.74) is 2.99. The minimum atomic E-state index is -0.957. The van der Waals surface area contributed by atoms with Gasteiger partial charge in [-0.05, 0) is 43.3 Å². The third kappa shape index (κ3) is 2.06. The van der Waals surface area contributed by atoms with Gasteiger partial charge in [-0.2, -0.15) is 4.98 Å². The highest BCUT2D eigenvalue weighted by Gasteiger charge is 2.10. The van der Waals surface area contributed by atoms with Gasteiger partial charge in [-0.1, -0.05) is 0 Å². The number of carboxylic acid groups (broad SMARTS) is 1. The lowest BCUT2D eigenvalue weighted by atomic mass is 10.1. The maximum Gasteiger partial charge on any atom is 0.335 e. The highest BCUT2D eigenvalue weighted by molar-refractivity contribution is 5.88. The zero-order valence-electron chi connectivity index (χ0n) is 10.1. The Morgan fingerprint density at radius 2 is 1.84 bits per heavy atom. The lowest BCUT2D eigenvalue weighted by molar-refractivity contribution is 0.0697. The topological polar surface area (TPSA) is 76.2 Å². The molecule has 0 aliphatic carbocycles. The predicted octanol–water partition coefficient (Wildman–Crippen LogP) is 2.90.